The second kappa shape index (κ2) is 6.11. The lowest BCUT2D eigenvalue weighted by Crippen LogP contribution is -2.32. The molecule has 0 aliphatic carbocycles. The van der Waals surface area contributed by atoms with Crippen LogP contribution < -0.4 is 20.9 Å². The summed E-state index contributed by atoms with van der Waals surface area (Å²) in [5.74, 6) is 1.94. The lowest BCUT2D eigenvalue weighted by atomic mass is 10.2. The minimum atomic E-state index is 0.117. The van der Waals surface area contributed by atoms with Gasteiger partial charge in [0.25, 0.3) is 0 Å². The van der Waals surface area contributed by atoms with Gasteiger partial charge in [-0.2, -0.15) is 15.0 Å². The van der Waals surface area contributed by atoms with Crippen molar-refractivity contribution < 1.29 is 4.79 Å². The molecule has 21 heavy (non-hydrogen) atoms. The van der Waals surface area contributed by atoms with E-state index >= 15 is 0 Å². The summed E-state index contributed by atoms with van der Waals surface area (Å²) < 4.78 is 0. The van der Waals surface area contributed by atoms with Crippen LogP contribution in [-0.4, -0.2) is 53.6 Å². The normalized spacial score (nSPS) is 21.5. The molecule has 114 valence electrons. The van der Waals surface area contributed by atoms with Crippen LogP contribution in [0.15, 0.2) is 0 Å². The van der Waals surface area contributed by atoms with Crippen LogP contribution in [0.3, 0.4) is 0 Å². The maximum Gasteiger partial charge on any atom is 0.231 e. The SMILES string of the molecule is CNc1nc(NCC2CCC(=O)N2)nc(N2CCCC2)n1. The first kappa shape index (κ1) is 13.8. The Labute approximate surface area is 123 Å². The summed E-state index contributed by atoms with van der Waals surface area (Å²) in [7, 11) is 1.80. The van der Waals surface area contributed by atoms with Crippen molar-refractivity contribution in [2.45, 2.75) is 31.7 Å². The predicted molar refractivity (Wildman–Crippen MR) is 80.5 cm³/mol. The Morgan fingerprint density at radius 2 is 2.00 bits per heavy atom. The molecule has 3 heterocycles. The lowest BCUT2D eigenvalue weighted by Gasteiger charge is -2.17. The molecule has 2 aliphatic rings. The van der Waals surface area contributed by atoms with Crippen LogP contribution in [0.1, 0.15) is 25.7 Å². The van der Waals surface area contributed by atoms with Crippen LogP contribution in [0.25, 0.3) is 0 Å². The molecule has 8 heteroatoms. The quantitative estimate of drug-likeness (QED) is 0.713. The number of nitrogens with one attached hydrogen (secondary N) is 3. The molecular weight excluding hydrogens is 270 g/mol. The van der Waals surface area contributed by atoms with Gasteiger partial charge in [0.2, 0.25) is 23.8 Å². The molecule has 2 fully saturated rings. The minimum absolute atomic E-state index is 0.117. The van der Waals surface area contributed by atoms with Gasteiger partial charge in [-0.1, -0.05) is 0 Å². The molecule has 0 bridgehead atoms. The average molecular weight is 291 g/mol. The zero-order chi connectivity index (χ0) is 14.7. The Hall–Kier alpha value is -2.12. The molecule has 3 rings (SSSR count). The van der Waals surface area contributed by atoms with Gasteiger partial charge in [0.05, 0.1) is 0 Å². The fourth-order valence-electron chi connectivity index (χ4n) is 2.66. The van der Waals surface area contributed by atoms with Crippen molar-refractivity contribution in [3.05, 3.63) is 0 Å². The van der Waals surface area contributed by atoms with Crippen LogP contribution in [0.2, 0.25) is 0 Å². The van der Waals surface area contributed by atoms with Gasteiger partial charge in [0, 0.05) is 39.1 Å². The van der Waals surface area contributed by atoms with Crippen molar-refractivity contribution in [1.82, 2.24) is 20.3 Å². The minimum Gasteiger partial charge on any atom is -0.357 e. The van der Waals surface area contributed by atoms with E-state index in [1.807, 2.05) is 0 Å². The summed E-state index contributed by atoms with van der Waals surface area (Å²) in [5, 5.41) is 9.09. The van der Waals surface area contributed by atoms with Crippen molar-refractivity contribution in [3.8, 4) is 0 Å². The third-order valence-corrected chi connectivity index (χ3v) is 3.83. The van der Waals surface area contributed by atoms with E-state index in [-0.39, 0.29) is 11.9 Å². The molecule has 1 unspecified atom stereocenters. The van der Waals surface area contributed by atoms with Crippen LogP contribution in [-0.2, 0) is 4.79 Å². The second-order valence-electron chi connectivity index (χ2n) is 5.41. The van der Waals surface area contributed by atoms with E-state index in [0.717, 1.165) is 19.5 Å². The summed E-state index contributed by atoms with van der Waals surface area (Å²) >= 11 is 0. The van der Waals surface area contributed by atoms with Crippen molar-refractivity contribution >= 4 is 23.8 Å². The van der Waals surface area contributed by atoms with Gasteiger partial charge in [-0.05, 0) is 19.3 Å². The third-order valence-electron chi connectivity index (χ3n) is 3.83. The molecular formula is C13H21N7O. The van der Waals surface area contributed by atoms with Crippen LogP contribution in [0.4, 0.5) is 17.8 Å². The Morgan fingerprint density at radius 1 is 1.24 bits per heavy atom. The van der Waals surface area contributed by atoms with Gasteiger partial charge < -0.3 is 20.9 Å². The van der Waals surface area contributed by atoms with Crippen molar-refractivity contribution in [3.63, 3.8) is 0 Å². The molecule has 0 radical (unpaired) electrons. The fourth-order valence-corrected chi connectivity index (χ4v) is 2.66. The summed E-state index contributed by atoms with van der Waals surface area (Å²) in [6, 6.07) is 0.155. The molecule has 2 saturated heterocycles. The van der Waals surface area contributed by atoms with E-state index in [2.05, 4.69) is 35.8 Å². The van der Waals surface area contributed by atoms with Gasteiger partial charge in [0.1, 0.15) is 0 Å². The van der Waals surface area contributed by atoms with Crippen LogP contribution in [0.5, 0.6) is 0 Å². The van der Waals surface area contributed by atoms with Gasteiger partial charge in [0.15, 0.2) is 0 Å². The standard InChI is InChI=1S/C13H21N7O/c1-14-11-17-12(15-8-9-4-5-10(21)16-9)19-13(18-11)20-6-2-3-7-20/h9H,2-8H2,1H3,(H,16,21)(H2,14,15,17,18,19). The molecule has 1 aromatic heterocycles. The highest BCUT2D eigenvalue weighted by molar-refractivity contribution is 5.78. The number of hydrogen-bond donors (Lipinski definition) is 3. The molecule has 2 aliphatic heterocycles. The van der Waals surface area contributed by atoms with Crippen LogP contribution >= 0.6 is 0 Å². The summed E-state index contributed by atoms with van der Waals surface area (Å²) in [5.41, 5.74) is 0. The number of carbonyl (C=O) groups excluding carboxylic acids is 1. The molecule has 1 aromatic rings. The summed E-state index contributed by atoms with van der Waals surface area (Å²) in [6.07, 6.45) is 3.81. The average Bonchev–Trinajstić information content (AvgIpc) is 3.16. The monoisotopic (exact) mass is 291 g/mol. The zero-order valence-corrected chi connectivity index (χ0v) is 12.2. The van der Waals surface area contributed by atoms with E-state index in [9.17, 15) is 4.79 Å². The third kappa shape index (κ3) is 3.32. The molecule has 0 spiro atoms. The van der Waals surface area contributed by atoms with E-state index in [0.29, 0.717) is 30.8 Å². The number of nitrogens with zero attached hydrogens (tertiary/aromatic N) is 4. The predicted octanol–water partition coefficient (Wildman–Crippen LogP) is 0.204. The number of aromatic nitrogens is 3. The van der Waals surface area contributed by atoms with E-state index < -0.39 is 0 Å². The molecule has 3 N–H and O–H groups in total. The first-order valence-corrected chi connectivity index (χ1v) is 7.46. The summed E-state index contributed by atoms with van der Waals surface area (Å²) in [6.45, 7) is 2.62. The van der Waals surface area contributed by atoms with Gasteiger partial charge >= 0.3 is 0 Å². The highest BCUT2D eigenvalue weighted by Gasteiger charge is 2.21. The highest BCUT2D eigenvalue weighted by atomic mass is 16.1. The summed E-state index contributed by atoms with van der Waals surface area (Å²) in [4.78, 5) is 26.6. The van der Waals surface area contributed by atoms with Gasteiger partial charge in [-0.15, -0.1) is 0 Å². The topological polar surface area (TPSA) is 95.1 Å². The zero-order valence-electron chi connectivity index (χ0n) is 12.2. The number of amides is 1. The molecule has 1 amide bonds. The molecule has 8 nitrogen and oxygen atoms in total. The van der Waals surface area contributed by atoms with Crippen molar-refractivity contribution in [1.29, 1.82) is 0 Å². The first-order valence-electron chi connectivity index (χ1n) is 7.46. The Morgan fingerprint density at radius 3 is 2.67 bits per heavy atom. The number of rotatable bonds is 5. The second-order valence-corrected chi connectivity index (χ2v) is 5.41. The largest absolute Gasteiger partial charge is 0.357 e. The molecule has 0 aromatic carbocycles. The van der Waals surface area contributed by atoms with Crippen LogP contribution in [0, 0.1) is 0 Å². The van der Waals surface area contributed by atoms with E-state index in [1.54, 1.807) is 7.05 Å². The number of hydrogen-bond acceptors (Lipinski definition) is 7. The fraction of sp³-hybridized carbons (Fsp3) is 0.692. The molecule has 0 saturated carbocycles. The van der Waals surface area contributed by atoms with Gasteiger partial charge in [-0.3, -0.25) is 4.79 Å². The lowest BCUT2D eigenvalue weighted by molar-refractivity contribution is -0.119. The maximum absolute atomic E-state index is 11.2. The van der Waals surface area contributed by atoms with Crippen molar-refractivity contribution in [2.75, 3.05) is 42.2 Å². The Kier molecular flexibility index (Phi) is 4.03. The number of carbonyl (C=O) groups is 1. The Bertz CT molecular complexity index is 515. The smallest absolute Gasteiger partial charge is 0.231 e. The Balaban J connectivity index is 1.68. The number of anilines is 3. The van der Waals surface area contributed by atoms with Gasteiger partial charge in [-0.25, -0.2) is 0 Å². The van der Waals surface area contributed by atoms with Crippen molar-refractivity contribution in [2.24, 2.45) is 0 Å². The molecule has 1 atom stereocenters. The highest BCUT2D eigenvalue weighted by Crippen LogP contribution is 2.18. The first-order chi connectivity index (χ1) is 10.2. The maximum atomic E-state index is 11.2. The van der Waals surface area contributed by atoms with E-state index in [4.69, 9.17) is 0 Å². The van der Waals surface area contributed by atoms with E-state index in [1.165, 1.54) is 12.8 Å².